The van der Waals surface area contributed by atoms with Crippen molar-refractivity contribution in [3.8, 4) is 6.07 Å². The van der Waals surface area contributed by atoms with Crippen LogP contribution in [-0.2, 0) is 4.79 Å². The minimum absolute atomic E-state index is 0.00763. The Labute approximate surface area is 108 Å². The number of hydrogen-bond acceptors (Lipinski definition) is 3. The van der Waals surface area contributed by atoms with Crippen molar-refractivity contribution in [3.63, 3.8) is 0 Å². The van der Waals surface area contributed by atoms with E-state index in [1.807, 2.05) is 44.2 Å². The number of carbonyl (C=O) groups is 1. The van der Waals surface area contributed by atoms with Crippen molar-refractivity contribution in [2.24, 2.45) is 0 Å². The van der Waals surface area contributed by atoms with Crippen LogP contribution < -0.4 is 5.32 Å². The Hall–Kier alpha value is -2.02. The Kier molecular flexibility index (Phi) is 5.19. The molecule has 4 heteroatoms. The molecule has 4 nitrogen and oxygen atoms in total. The summed E-state index contributed by atoms with van der Waals surface area (Å²) in [6.45, 7) is 4.30. The first-order valence-corrected chi connectivity index (χ1v) is 5.99. The van der Waals surface area contributed by atoms with Gasteiger partial charge in [-0.25, -0.2) is 0 Å². The number of nitriles is 1. The molecular weight excluding hydrogens is 226 g/mol. The lowest BCUT2D eigenvalue weighted by Crippen LogP contribution is -2.39. The van der Waals surface area contributed by atoms with Crippen molar-refractivity contribution < 1.29 is 4.79 Å². The van der Waals surface area contributed by atoms with Crippen LogP contribution >= 0.6 is 0 Å². The van der Waals surface area contributed by atoms with Crippen LogP contribution in [0.2, 0.25) is 0 Å². The molecule has 0 spiro atoms. The summed E-state index contributed by atoms with van der Waals surface area (Å²) in [5, 5.41) is 11.7. The van der Waals surface area contributed by atoms with Gasteiger partial charge >= 0.3 is 0 Å². The molecule has 0 aliphatic rings. The molecule has 1 aromatic carbocycles. The lowest BCUT2D eigenvalue weighted by molar-refractivity contribution is -0.130. The third kappa shape index (κ3) is 4.10. The summed E-state index contributed by atoms with van der Waals surface area (Å²) < 4.78 is 0. The fraction of sp³-hybridized carbons (Fsp3) is 0.429. The SMILES string of the molecule is Cc1cccc(NC(C)C(=O)N(C)CCC#N)c1. The molecule has 0 saturated heterocycles. The first-order chi connectivity index (χ1) is 8.54. The molecule has 0 bridgehead atoms. The fourth-order valence-electron chi connectivity index (χ4n) is 1.71. The average Bonchev–Trinajstić information content (AvgIpc) is 2.35. The van der Waals surface area contributed by atoms with E-state index in [1.165, 1.54) is 0 Å². The van der Waals surface area contributed by atoms with Crippen LogP contribution in [0.3, 0.4) is 0 Å². The predicted molar refractivity (Wildman–Crippen MR) is 72.1 cm³/mol. The van der Waals surface area contributed by atoms with Crippen LogP contribution in [-0.4, -0.2) is 30.4 Å². The molecule has 0 heterocycles. The largest absolute Gasteiger partial charge is 0.374 e. The summed E-state index contributed by atoms with van der Waals surface area (Å²) in [6, 6.07) is 9.64. The summed E-state index contributed by atoms with van der Waals surface area (Å²) in [7, 11) is 1.72. The lowest BCUT2D eigenvalue weighted by atomic mass is 10.2. The number of likely N-dealkylation sites (N-methyl/N-ethyl adjacent to an activating group) is 1. The van der Waals surface area contributed by atoms with E-state index in [0.29, 0.717) is 13.0 Å². The quantitative estimate of drug-likeness (QED) is 0.865. The molecule has 0 fully saturated rings. The summed E-state index contributed by atoms with van der Waals surface area (Å²) >= 11 is 0. The van der Waals surface area contributed by atoms with Gasteiger partial charge in [0.2, 0.25) is 5.91 Å². The summed E-state index contributed by atoms with van der Waals surface area (Å²) in [4.78, 5) is 13.6. The maximum atomic E-state index is 12.0. The van der Waals surface area contributed by atoms with Crippen molar-refractivity contribution in [2.45, 2.75) is 26.3 Å². The number of nitrogens with one attached hydrogen (secondary N) is 1. The third-order valence-electron chi connectivity index (χ3n) is 2.71. The Morgan fingerprint density at radius 1 is 1.56 bits per heavy atom. The van der Waals surface area contributed by atoms with E-state index in [2.05, 4.69) is 5.32 Å². The number of hydrogen-bond donors (Lipinski definition) is 1. The smallest absolute Gasteiger partial charge is 0.244 e. The second-order valence-corrected chi connectivity index (χ2v) is 4.40. The molecule has 0 aliphatic carbocycles. The number of benzene rings is 1. The van der Waals surface area contributed by atoms with Crippen molar-refractivity contribution in [3.05, 3.63) is 29.8 Å². The van der Waals surface area contributed by atoms with Crippen LogP contribution in [0.5, 0.6) is 0 Å². The molecule has 0 saturated carbocycles. The topological polar surface area (TPSA) is 56.1 Å². The van der Waals surface area contributed by atoms with E-state index in [9.17, 15) is 4.79 Å². The number of carbonyl (C=O) groups excluding carboxylic acids is 1. The Bertz CT molecular complexity index is 451. The highest BCUT2D eigenvalue weighted by atomic mass is 16.2. The van der Waals surface area contributed by atoms with Crippen LogP contribution in [0.4, 0.5) is 5.69 Å². The molecule has 0 aliphatic heterocycles. The second kappa shape index (κ2) is 6.65. The Balaban J connectivity index is 2.57. The molecule has 1 N–H and O–H groups in total. The number of rotatable bonds is 5. The van der Waals surface area contributed by atoms with E-state index < -0.39 is 0 Å². The van der Waals surface area contributed by atoms with Gasteiger partial charge in [-0.2, -0.15) is 5.26 Å². The zero-order valence-electron chi connectivity index (χ0n) is 11.1. The molecular formula is C14H19N3O. The zero-order chi connectivity index (χ0) is 13.5. The van der Waals surface area contributed by atoms with Gasteiger partial charge in [-0.15, -0.1) is 0 Å². The minimum Gasteiger partial charge on any atom is -0.374 e. The van der Waals surface area contributed by atoms with Gasteiger partial charge in [-0.1, -0.05) is 12.1 Å². The van der Waals surface area contributed by atoms with E-state index in [-0.39, 0.29) is 11.9 Å². The maximum absolute atomic E-state index is 12.0. The Morgan fingerprint density at radius 3 is 2.89 bits per heavy atom. The molecule has 1 rings (SSSR count). The number of amides is 1. The lowest BCUT2D eigenvalue weighted by Gasteiger charge is -2.22. The molecule has 1 unspecified atom stereocenters. The van der Waals surface area contributed by atoms with Gasteiger partial charge in [0, 0.05) is 19.3 Å². The highest BCUT2D eigenvalue weighted by molar-refractivity contribution is 5.84. The second-order valence-electron chi connectivity index (χ2n) is 4.40. The van der Waals surface area contributed by atoms with Crippen LogP contribution in [0, 0.1) is 18.3 Å². The van der Waals surface area contributed by atoms with Crippen molar-refractivity contribution >= 4 is 11.6 Å². The number of nitrogens with zero attached hydrogens (tertiary/aromatic N) is 2. The van der Waals surface area contributed by atoms with Crippen molar-refractivity contribution in [1.82, 2.24) is 4.90 Å². The van der Waals surface area contributed by atoms with Gasteiger partial charge in [0.25, 0.3) is 0 Å². The molecule has 1 aromatic rings. The molecule has 0 radical (unpaired) electrons. The molecule has 18 heavy (non-hydrogen) atoms. The molecule has 0 aromatic heterocycles. The highest BCUT2D eigenvalue weighted by Crippen LogP contribution is 2.11. The van der Waals surface area contributed by atoms with Crippen molar-refractivity contribution in [1.29, 1.82) is 5.26 Å². The normalized spacial score (nSPS) is 11.4. The van der Waals surface area contributed by atoms with Crippen molar-refractivity contribution in [2.75, 3.05) is 18.9 Å². The van der Waals surface area contributed by atoms with Gasteiger partial charge in [0.1, 0.15) is 6.04 Å². The third-order valence-corrected chi connectivity index (χ3v) is 2.71. The molecule has 1 atom stereocenters. The predicted octanol–water partition coefficient (Wildman–Crippen LogP) is 2.17. The molecule has 1 amide bonds. The van der Waals surface area contributed by atoms with Gasteiger partial charge in [0.05, 0.1) is 12.5 Å². The number of anilines is 1. The number of aryl methyl sites for hydroxylation is 1. The zero-order valence-corrected chi connectivity index (χ0v) is 11.1. The summed E-state index contributed by atoms with van der Waals surface area (Å²) in [5.41, 5.74) is 2.09. The Morgan fingerprint density at radius 2 is 2.28 bits per heavy atom. The van der Waals surface area contributed by atoms with E-state index in [0.717, 1.165) is 11.3 Å². The first kappa shape index (κ1) is 14.0. The average molecular weight is 245 g/mol. The summed E-state index contributed by atoms with van der Waals surface area (Å²) in [6.07, 6.45) is 0.361. The first-order valence-electron chi connectivity index (χ1n) is 5.99. The fourth-order valence-corrected chi connectivity index (χ4v) is 1.71. The standard InChI is InChI=1S/C14H19N3O/c1-11-6-4-7-13(10-11)16-12(2)14(18)17(3)9-5-8-15/h4,6-7,10,12,16H,5,9H2,1-3H3. The summed E-state index contributed by atoms with van der Waals surface area (Å²) in [5.74, 6) is -0.00763. The van der Waals surface area contributed by atoms with Crippen LogP contribution in [0.15, 0.2) is 24.3 Å². The van der Waals surface area contributed by atoms with E-state index in [1.54, 1.807) is 11.9 Å². The van der Waals surface area contributed by atoms with E-state index >= 15 is 0 Å². The molecule has 96 valence electrons. The highest BCUT2D eigenvalue weighted by Gasteiger charge is 2.16. The van der Waals surface area contributed by atoms with Gasteiger partial charge in [-0.05, 0) is 31.5 Å². The van der Waals surface area contributed by atoms with Gasteiger partial charge in [0.15, 0.2) is 0 Å². The van der Waals surface area contributed by atoms with Crippen LogP contribution in [0.1, 0.15) is 18.9 Å². The van der Waals surface area contributed by atoms with Gasteiger partial charge in [-0.3, -0.25) is 4.79 Å². The monoisotopic (exact) mass is 245 g/mol. The van der Waals surface area contributed by atoms with E-state index in [4.69, 9.17) is 5.26 Å². The minimum atomic E-state index is -0.296. The maximum Gasteiger partial charge on any atom is 0.244 e. The van der Waals surface area contributed by atoms with Crippen LogP contribution in [0.25, 0.3) is 0 Å². The van der Waals surface area contributed by atoms with Gasteiger partial charge < -0.3 is 10.2 Å².